The van der Waals surface area contributed by atoms with E-state index in [1.807, 2.05) is 12.1 Å². The van der Waals surface area contributed by atoms with Crippen molar-refractivity contribution in [3.63, 3.8) is 0 Å². The first kappa shape index (κ1) is 17.5. The van der Waals surface area contributed by atoms with Gasteiger partial charge >= 0.3 is 0 Å². The third-order valence-electron chi connectivity index (χ3n) is 3.77. The summed E-state index contributed by atoms with van der Waals surface area (Å²) in [6.45, 7) is 0.914. The second-order valence-electron chi connectivity index (χ2n) is 5.48. The lowest BCUT2D eigenvalue weighted by Crippen LogP contribution is -2.25. The van der Waals surface area contributed by atoms with E-state index >= 15 is 0 Å². The highest BCUT2D eigenvalue weighted by atomic mass is 79.9. The van der Waals surface area contributed by atoms with Crippen LogP contribution in [0.2, 0.25) is 0 Å². The maximum atomic E-state index is 12.8. The molecule has 0 saturated heterocycles. The van der Waals surface area contributed by atoms with Crippen LogP contribution in [0.5, 0.6) is 0 Å². The molecule has 2 aromatic rings. The Labute approximate surface area is 156 Å². The van der Waals surface area contributed by atoms with Crippen LogP contribution in [-0.2, 0) is 11.3 Å². The second kappa shape index (κ2) is 6.92. The summed E-state index contributed by atoms with van der Waals surface area (Å²) in [4.78, 5) is 17.4. The number of methoxy groups -OCH3 is 1. The highest BCUT2D eigenvalue weighted by molar-refractivity contribution is 9.10. The highest BCUT2D eigenvalue weighted by Gasteiger charge is 2.51. The molecule has 0 bridgehead atoms. The molecule has 1 aromatic carbocycles. The standard InChI is InChI=1S/C15H15BrCl2N2O2S/c1-22-5-4-20-13(21)11-6-10(16)2-3-12(11)19-14(20)23-8-9-7-15(9,17)18/h2-3,6,9H,4-5,7-8H2,1H3. The molecule has 1 aliphatic rings. The van der Waals surface area contributed by atoms with Crippen molar-refractivity contribution < 1.29 is 4.74 Å². The van der Waals surface area contributed by atoms with Crippen molar-refractivity contribution in [1.82, 2.24) is 9.55 Å². The lowest BCUT2D eigenvalue weighted by atomic mass is 10.2. The number of nitrogens with zero attached hydrogens (tertiary/aromatic N) is 2. The van der Waals surface area contributed by atoms with Crippen LogP contribution in [-0.4, -0.2) is 33.4 Å². The minimum absolute atomic E-state index is 0.0605. The van der Waals surface area contributed by atoms with Crippen LogP contribution in [0.3, 0.4) is 0 Å². The number of hydrogen-bond acceptors (Lipinski definition) is 4. The SMILES string of the molecule is COCCn1c(SCC2CC2(Cl)Cl)nc2ccc(Br)cc2c1=O. The summed E-state index contributed by atoms with van der Waals surface area (Å²) in [6, 6.07) is 5.52. The molecule has 1 aromatic heterocycles. The van der Waals surface area contributed by atoms with Gasteiger partial charge in [0, 0.05) is 23.3 Å². The van der Waals surface area contributed by atoms with Crippen LogP contribution in [0.1, 0.15) is 6.42 Å². The summed E-state index contributed by atoms with van der Waals surface area (Å²) in [7, 11) is 1.61. The smallest absolute Gasteiger partial charge is 0.262 e. The fraction of sp³-hybridized carbons (Fsp3) is 0.467. The molecule has 3 rings (SSSR count). The lowest BCUT2D eigenvalue weighted by Gasteiger charge is -2.13. The van der Waals surface area contributed by atoms with Gasteiger partial charge in [-0.25, -0.2) is 4.98 Å². The molecule has 1 saturated carbocycles. The Balaban J connectivity index is 1.96. The van der Waals surface area contributed by atoms with Crippen molar-refractivity contribution in [2.75, 3.05) is 19.5 Å². The first-order valence-corrected chi connectivity index (χ1v) is 9.65. The van der Waals surface area contributed by atoms with Crippen molar-refractivity contribution in [2.24, 2.45) is 5.92 Å². The van der Waals surface area contributed by atoms with E-state index in [4.69, 9.17) is 27.9 Å². The summed E-state index contributed by atoms with van der Waals surface area (Å²) in [5, 5.41) is 1.27. The van der Waals surface area contributed by atoms with Gasteiger partial charge in [-0.2, -0.15) is 0 Å². The van der Waals surface area contributed by atoms with Crippen LogP contribution in [0.4, 0.5) is 0 Å². The number of ether oxygens (including phenoxy) is 1. The predicted molar refractivity (Wildman–Crippen MR) is 98.8 cm³/mol. The minimum Gasteiger partial charge on any atom is -0.383 e. The van der Waals surface area contributed by atoms with E-state index in [1.54, 1.807) is 17.7 Å². The van der Waals surface area contributed by atoms with E-state index in [0.29, 0.717) is 29.2 Å². The normalized spacial score (nSPS) is 19.2. The Morgan fingerprint density at radius 1 is 1.52 bits per heavy atom. The molecule has 0 amide bonds. The highest BCUT2D eigenvalue weighted by Crippen LogP contribution is 2.54. The van der Waals surface area contributed by atoms with Gasteiger partial charge in [-0.15, -0.1) is 23.2 Å². The van der Waals surface area contributed by atoms with E-state index in [1.165, 1.54) is 11.8 Å². The number of fused-ring (bicyclic) bond motifs is 1. The van der Waals surface area contributed by atoms with E-state index in [2.05, 4.69) is 20.9 Å². The molecule has 23 heavy (non-hydrogen) atoms. The van der Waals surface area contributed by atoms with Gasteiger partial charge < -0.3 is 4.74 Å². The van der Waals surface area contributed by atoms with E-state index < -0.39 is 4.33 Å². The average Bonchev–Trinajstić information content (AvgIpc) is 3.12. The maximum absolute atomic E-state index is 12.8. The second-order valence-corrected chi connectivity index (χ2v) is 8.92. The number of aromatic nitrogens is 2. The van der Waals surface area contributed by atoms with Crippen LogP contribution in [0.15, 0.2) is 32.6 Å². The van der Waals surface area contributed by atoms with Crippen LogP contribution in [0.25, 0.3) is 10.9 Å². The Kier molecular flexibility index (Phi) is 5.28. The largest absolute Gasteiger partial charge is 0.383 e. The molecular weight excluding hydrogens is 423 g/mol. The molecule has 1 aliphatic carbocycles. The first-order chi connectivity index (χ1) is 10.9. The molecule has 1 heterocycles. The third kappa shape index (κ3) is 3.87. The van der Waals surface area contributed by atoms with Gasteiger partial charge in [0.25, 0.3) is 5.56 Å². The number of benzene rings is 1. The quantitative estimate of drug-likeness (QED) is 0.387. The summed E-state index contributed by atoms with van der Waals surface area (Å²) < 4.78 is 7.01. The van der Waals surface area contributed by atoms with E-state index in [0.717, 1.165) is 16.6 Å². The molecular formula is C15H15BrCl2N2O2S. The molecule has 0 radical (unpaired) electrons. The molecule has 1 atom stereocenters. The Bertz CT molecular complexity index is 797. The molecule has 124 valence electrons. The van der Waals surface area contributed by atoms with Crippen molar-refractivity contribution in [1.29, 1.82) is 0 Å². The molecule has 0 aliphatic heterocycles. The van der Waals surface area contributed by atoms with Gasteiger partial charge in [-0.05, 0) is 24.6 Å². The van der Waals surface area contributed by atoms with Crippen molar-refractivity contribution in [3.05, 3.63) is 33.0 Å². The first-order valence-electron chi connectivity index (χ1n) is 7.12. The van der Waals surface area contributed by atoms with Gasteiger partial charge in [0.1, 0.15) is 4.33 Å². The summed E-state index contributed by atoms with van der Waals surface area (Å²) >= 11 is 17.1. The van der Waals surface area contributed by atoms with E-state index in [9.17, 15) is 4.79 Å². The van der Waals surface area contributed by atoms with Gasteiger partial charge in [-0.1, -0.05) is 27.7 Å². The number of halogens is 3. The van der Waals surface area contributed by atoms with E-state index in [-0.39, 0.29) is 11.5 Å². The number of hydrogen-bond donors (Lipinski definition) is 0. The lowest BCUT2D eigenvalue weighted by molar-refractivity contribution is 0.183. The van der Waals surface area contributed by atoms with Gasteiger partial charge in [-0.3, -0.25) is 9.36 Å². The van der Waals surface area contributed by atoms with Crippen LogP contribution in [0, 0.1) is 5.92 Å². The van der Waals surface area contributed by atoms with Crippen LogP contribution >= 0.6 is 50.9 Å². The van der Waals surface area contributed by atoms with Crippen molar-refractivity contribution in [2.45, 2.75) is 22.5 Å². The molecule has 8 heteroatoms. The molecule has 0 spiro atoms. The van der Waals surface area contributed by atoms with Gasteiger partial charge in [0.05, 0.1) is 24.1 Å². The fourth-order valence-corrected chi connectivity index (χ4v) is 4.60. The number of alkyl halides is 2. The zero-order valence-electron chi connectivity index (χ0n) is 12.4. The monoisotopic (exact) mass is 436 g/mol. The fourth-order valence-electron chi connectivity index (χ4n) is 2.29. The predicted octanol–water partition coefficient (Wildman–Crippen LogP) is 4.09. The van der Waals surface area contributed by atoms with Gasteiger partial charge in [0.15, 0.2) is 5.16 Å². The summed E-state index contributed by atoms with van der Waals surface area (Å²) in [5.41, 5.74) is 0.628. The number of thioether (sulfide) groups is 1. The minimum atomic E-state index is -0.619. The summed E-state index contributed by atoms with van der Waals surface area (Å²) in [5.74, 6) is 0.985. The molecule has 0 N–H and O–H groups in total. The summed E-state index contributed by atoms with van der Waals surface area (Å²) in [6.07, 6.45) is 0.784. The molecule has 1 fully saturated rings. The third-order valence-corrected chi connectivity index (χ3v) is 6.33. The zero-order chi connectivity index (χ0) is 16.6. The zero-order valence-corrected chi connectivity index (χ0v) is 16.3. The Morgan fingerprint density at radius 2 is 2.26 bits per heavy atom. The number of rotatable bonds is 6. The maximum Gasteiger partial charge on any atom is 0.262 e. The Hall–Kier alpha value is -0.270. The molecule has 4 nitrogen and oxygen atoms in total. The van der Waals surface area contributed by atoms with Crippen molar-refractivity contribution in [3.8, 4) is 0 Å². The average molecular weight is 438 g/mol. The van der Waals surface area contributed by atoms with Gasteiger partial charge in [0.2, 0.25) is 0 Å². The van der Waals surface area contributed by atoms with Crippen LogP contribution < -0.4 is 5.56 Å². The topological polar surface area (TPSA) is 44.1 Å². The Morgan fingerprint density at radius 3 is 2.91 bits per heavy atom. The molecule has 1 unspecified atom stereocenters. The van der Waals surface area contributed by atoms with Crippen molar-refractivity contribution >= 4 is 61.8 Å².